The lowest BCUT2D eigenvalue weighted by Gasteiger charge is -2.33. The van der Waals surface area contributed by atoms with E-state index in [0.717, 1.165) is 17.4 Å². The summed E-state index contributed by atoms with van der Waals surface area (Å²) >= 11 is 1.41. The summed E-state index contributed by atoms with van der Waals surface area (Å²) in [4.78, 5) is 34.5. The standard InChI is InChI=1S/C21H27N3O4S/c1-7-27-13(3)17-12(2)15-11-22-20(29-6)23-18(15)24(19(17)26)16-9-8-10-21(16,5)28-14(4)25/h11,16H,3,7-10H2,1-2,4-6H3/t16-,21-/m0/s1. The predicted octanol–water partition coefficient (Wildman–Crippen LogP) is 3.88. The molecule has 2 heterocycles. The molecule has 0 spiro atoms. The molecule has 2 atom stereocenters. The van der Waals surface area contributed by atoms with E-state index in [2.05, 4.69) is 16.5 Å². The lowest BCUT2D eigenvalue weighted by atomic mass is 9.97. The Bertz CT molecular complexity index is 1030. The molecule has 0 unspecified atom stereocenters. The van der Waals surface area contributed by atoms with Gasteiger partial charge in [-0.3, -0.25) is 14.2 Å². The number of carbonyl (C=O) groups is 1. The molecule has 1 fully saturated rings. The summed E-state index contributed by atoms with van der Waals surface area (Å²) in [7, 11) is 0. The Labute approximate surface area is 174 Å². The van der Waals surface area contributed by atoms with Crippen molar-refractivity contribution in [1.82, 2.24) is 14.5 Å². The van der Waals surface area contributed by atoms with E-state index < -0.39 is 5.60 Å². The molecule has 0 amide bonds. The number of rotatable bonds is 6. The number of fused-ring (bicyclic) bond motifs is 1. The van der Waals surface area contributed by atoms with Crippen LogP contribution in [0.1, 0.15) is 57.2 Å². The lowest BCUT2D eigenvalue weighted by molar-refractivity contribution is -0.158. The second kappa shape index (κ2) is 8.18. The van der Waals surface area contributed by atoms with Gasteiger partial charge in [-0.05, 0) is 51.9 Å². The number of nitrogens with zero attached hydrogens (tertiary/aromatic N) is 3. The van der Waals surface area contributed by atoms with Crippen molar-refractivity contribution in [2.45, 2.75) is 63.8 Å². The Morgan fingerprint density at radius 1 is 1.48 bits per heavy atom. The zero-order valence-electron chi connectivity index (χ0n) is 17.6. The van der Waals surface area contributed by atoms with Gasteiger partial charge in [0.1, 0.15) is 17.0 Å². The number of thioether (sulfide) groups is 1. The van der Waals surface area contributed by atoms with Crippen molar-refractivity contribution in [1.29, 1.82) is 0 Å². The van der Waals surface area contributed by atoms with Crippen LogP contribution < -0.4 is 5.56 Å². The van der Waals surface area contributed by atoms with Gasteiger partial charge in [-0.15, -0.1) is 0 Å². The third-order valence-corrected chi connectivity index (χ3v) is 6.07. The van der Waals surface area contributed by atoms with Crippen molar-refractivity contribution < 1.29 is 14.3 Å². The zero-order chi connectivity index (χ0) is 21.3. The molecule has 8 heteroatoms. The molecule has 2 aromatic heterocycles. The number of pyridine rings is 1. The van der Waals surface area contributed by atoms with Gasteiger partial charge in [0, 0.05) is 18.5 Å². The van der Waals surface area contributed by atoms with Crippen molar-refractivity contribution in [2.75, 3.05) is 12.9 Å². The van der Waals surface area contributed by atoms with Crippen LogP contribution in [0.15, 0.2) is 22.7 Å². The summed E-state index contributed by atoms with van der Waals surface area (Å²) in [5.41, 5.74) is 0.679. The molecule has 0 aromatic carbocycles. The Balaban J connectivity index is 2.35. The predicted molar refractivity (Wildman–Crippen MR) is 114 cm³/mol. The molecule has 7 nitrogen and oxygen atoms in total. The minimum atomic E-state index is -0.785. The number of carbonyl (C=O) groups excluding carboxylic acids is 1. The SMILES string of the molecule is C=C(OCC)c1c(C)c2cnc(SC)nc2n([C@H]2CCC[C@]2(C)OC(C)=O)c1=O. The van der Waals surface area contributed by atoms with E-state index in [1.807, 2.05) is 27.0 Å². The van der Waals surface area contributed by atoms with Crippen molar-refractivity contribution in [3.8, 4) is 0 Å². The van der Waals surface area contributed by atoms with Gasteiger partial charge in [0.15, 0.2) is 5.16 Å². The highest BCUT2D eigenvalue weighted by Gasteiger charge is 2.44. The maximum absolute atomic E-state index is 13.7. The molecule has 3 rings (SSSR count). The van der Waals surface area contributed by atoms with Gasteiger partial charge in [0.2, 0.25) is 0 Å². The van der Waals surface area contributed by atoms with E-state index in [4.69, 9.17) is 9.47 Å². The third-order valence-electron chi connectivity index (χ3n) is 5.51. The van der Waals surface area contributed by atoms with E-state index in [9.17, 15) is 9.59 Å². The molecule has 1 aliphatic carbocycles. The van der Waals surface area contributed by atoms with Gasteiger partial charge in [-0.25, -0.2) is 9.97 Å². The number of esters is 1. The minimum absolute atomic E-state index is 0.232. The minimum Gasteiger partial charge on any atom is -0.494 e. The van der Waals surface area contributed by atoms with Crippen molar-refractivity contribution in [2.24, 2.45) is 0 Å². The number of ether oxygens (including phenoxy) is 2. The van der Waals surface area contributed by atoms with Crippen LogP contribution in [-0.4, -0.2) is 39.0 Å². The van der Waals surface area contributed by atoms with Gasteiger partial charge in [0.25, 0.3) is 5.56 Å². The van der Waals surface area contributed by atoms with Gasteiger partial charge in [-0.1, -0.05) is 18.3 Å². The molecule has 0 saturated heterocycles. The summed E-state index contributed by atoms with van der Waals surface area (Å²) in [5.74, 6) is -0.0333. The second-order valence-corrected chi connectivity index (χ2v) is 8.21. The molecular formula is C21H27N3O4S. The maximum atomic E-state index is 13.7. The lowest BCUT2D eigenvalue weighted by Crippen LogP contribution is -2.41. The first-order chi connectivity index (χ1) is 13.7. The third kappa shape index (κ3) is 3.77. The van der Waals surface area contributed by atoms with Crippen LogP contribution in [0.5, 0.6) is 0 Å². The normalized spacial score (nSPS) is 21.3. The summed E-state index contributed by atoms with van der Waals surface area (Å²) < 4.78 is 12.9. The van der Waals surface area contributed by atoms with E-state index in [1.165, 1.54) is 18.7 Å². The summed E-state index contributed by atoms with van der Waals surface area (Å²) in [6, 6.07) is -0.334. The average molecular weight is 418 g/mol. The highest BCUT2D eigenvalue weighted by Crippen LogP contribution is 2.43. The number of hydrogen-bond donors (Lipinski definition) is 0. The van der Waals surface area contributed by atoms with E-state index in [0.29, 0.717) is 41.6 Å². The first-order valence-corrected chi connectivity index (χ1v) is 10.9. The van der Waals surface area contributed by atoms with Gasteiger partial charge < -0.3 is 9.47 Å². The zero-order valence-corrected chi connectivity index (χ0v) is 18.4. The molecule has 0 aliphatic heterocycles. The fraction of sp³-hybridized carbons (Fsp3) is 0.524. The summed E-state index contributed by atoms with van der Waals surface area (Å²) in [5, 5.41) is 1.34. The van der Waals surface area contributed by atoms with Crippen LogP contribution in [0.25, 0.3) is 16.8 Å². The van der Waals surface area contributed by atoms with Crippen LogP contribution in [-0.2, 0) is 14.3 Å². The maximum Gasteiger partial charge on any atom is 0.303 e. The van der Waals surface area contributed by atoms with E-state index >= 15 is 0 Å². The molecule has 0 radical (unpaired) electrons. The average Bonchev–Trinajstić information content (AvgIpc) is 3.01. The Morgan fingerprint density at radius 2 is 2.21 bits per heavy atom. The van der Waals surface area contributed by atoms with Crippen LogP contribution in [0, 0.1) is 6.92 Å². The fourth-order valence-corrected chi connectivity index (χ4v) is 4.58. The second-order valence-electron chi connectivity index (χ2n) is 7.44. The molecule has 1 aliphatic rings. The van der Waals surface area contributed by atoms with E-state index in [-0.39, 0.29) is 17.6 Å². The molecule has 156 valence electrons. The molecule has 0 bridgehead atoms. The van der Waals surface area contributed by atoms with Crippen molar-refractivity contribution >= 4 is 34.5 Å². The van der Waals surface area contributed by atoms with Crippen LogP contribution >= 0.6 is 11.8 Å². The van der Waals surface area contributed by atoms with Crippen LogP contribution in [0.3, 0.4) is 0 Å². The van der Waals surface area contributed by atoms with Crippen LogP contribution in [0.4, 0.5) is 0 Å². The molecule has 0 N–H and O–H groups in total. The van der Waals surface area contributed by atoms with Crippen molar-refractivity contribution in [3.05, 3.63) is 34.3 Å². The quantitative estimate of drug-likeness (QED) is 0.305. The first kappa shape index (κ1) is 21.4. The Hall–Kier alpha value is -2.35. The highest BCUT2D eigenvalue weighted by molar-refractivity contribution is 7.98. The summed E-state index contributed by atoms with van der Waals surface area (Å²) in [6.45, 7) is 11.4. The number of aromatic nitrogens is 3. The topological polar surface area (TPSA) is 83.3 Å². The Morgan fingerprint density at radius 3 is 2.83 bits per heavy atom. The highest BCUT2D eigenvalue weighted by atomic mass is 32.2. The first-order valence-electron chi connectivity index (χ1n) is 9.71. The number of aryl methyl sites for hydroxylation is 1. The molecular weight excluding hydrogens is 390 g/mol. The number of hydrogen-bond acceptors (Lipinski definition) is 7. The monoisotopic (exact) mass is 417 g/mol. The van der Waals surface area contributed by atoms with E-state index in [1.54, 1.807) is 10.8 Å². The van der Waals surface area contributed by atoms with Crippen LogP contribution in [0.2, 0.25) is 0 Å². The largest absolute Gasteiger partial charge is 0.494 e. The fourth-order valence-electron chi connectivity index (χ4n) is 4.25. The molecule has 1 saturated carbocycles. The van der Waals surface area contributed by atoms with Gasteiger partial charge in [0.05, 0.1) is 18.2 Å². The molecule has 2 aromatic rings. The Kier molecular flexibility index (Phi) is 6.03. The van der Waals surface area contributed by atoms with Gasteiger partial charge in [-0.2, -0.15) is 0 Å². The smallest absolute Gasteiger partial charge is 0.303 e. The molecule has 29 heavy (non-hydrogen) atoms. The van der Waals surface area contributed by atoms with Gasteiger partial charge >= 0.3 is 5.97 Å². The summed E-state index contributed by atoms with van der Waals surface area (Å²) in [6.07, 6.45) is 5.86. The van der Waals surface area contributed by atoms with Crippen molar-refractivity contribution in [3.63, 3.8) is 0 Å².